The van der Waals surface area contributed by atoms with E-state index in [1.807, 2.05) is 43.5 Å². The first-order valence-electron chi connectivity index (χ1n) is 6.88. The lowest BCUT2D eigenvalue weighted by molar-refractivity contribution is 0.660. The van der Waals surface area contributed by atoms with E-state index in [2.05, 4.69) is 15.1 Å². The SMILES string of the molecule is CCn1cc(-c2nc(-c3ccccc3)c(C)c(=O)[nH]2)cn1. The maximum atomic E-state index is 12.2. The smallest absolute Gasteiger partial charge is 0.254 e. The third-order valence-corrected chi connectivity index (χ3v) is 3.43. The van der Waals surface area contributed by atoms with Gasteiger partial charge in [0.05, 0.1) is 17.5 Å². The van der Waals surface area contributed by atoms with Gasteiger partial charge >= 0.3 is 0 Å². The van der Waals surface area contributed by atoms with Crippen molar-refractivity contribution in [1.29, 1.82) is 0 Å². The lowest BCUT2D eigenvalue weighted by Crippen LogP contribution is -2.14. The zero-order valence-corrected chi connectivity index (χ0v) is 12.0. The molecule has 0 saturated heterocycles. The highest BCUT2D eigenvalue weighted by molar-refractivity contribution is 5.65. The third-order valence-electron chi connectivity index (χ3n) is 3.43. The molecule has 1 N–H and O–H groups in total. The molecule has 106 valence electrons. The summed E-state index contributed by atoms with van der Waals surface area (Å²) in [6.07, 6.45) is 3.59. The molecule has 0 bridgehead atoms. The molecule has 1 aromatic carbocycles. The highest BCUT2D eigenvalue weighted by atomic mass is 16.1. The fourth-order valence-electron chi connectivity index (χ4n) is 2.21. The second-order valence-corrected chi connectivity index (χ2v) is 4.84. The number of nitrogens with one attached hydrogen (secondary N) is 1. The number of H-pyrrole nitrogens is 1. The topological polar surface area (TPSA) is 63.6 Å². The molecule has 5 heteroatoms. The van der Waals surface area contributed by atoms with Gasteiger partial charge in [-0.05, 0) is 13.8 Å². The Morgan fingerprint density at radius 3 is 2.62 bits per heavy atom. The summed E-state index contributed by atoms with van der Waals surface area (Å²) in [5, 5.41) is 4.22. The molecule has 0 spiro atoms. The molecule has 0 aliphatic carbocycles. The van der Waals surface area contributed by atoms with Gasteiger partial charge in [-0.2, -0.15) is 5.10 Å². The third kappa shape index (κ3) is 2.50. The van der Waals surface area contributed by atoms with Gasteiger partial charge in [-0.15, -0.1) is 0 Å². The van der Waals surface area contributed by atoms with Crippen LogP contribution in [0.1, 0.15) is 12.5 Å². The Labute approximate surface area is 122 Å². The number of hydrogen-bond donors (Lipinski definition) is 1. The molecule has 2 aromatic heterocycles. The number of aromatic amines is 1. The van der Waals surface area contributed by atoms with Crippen LogP contribution in [-0.2, 0) is 6.54 Å². The van der Waals surface area contributed by atoms with Crippen molar-refractivity contribution in [3.63, 3.8) is 0 Å². The molecule has 3 rings (SSSR count). The first-order chi connectivity index (χ1) is 10.2. The van der Waals surface area contributed by atoms with Crippen molar-refractivity contribution in [3.05, 3.63) is 58.6 Å². The predicted molar refractivity (Wildman–Crippen MR) is 81.9 cm³/mol. The zero-order valence-electron chi connectivity index (χ0n) is 12.0. The van der Waals surface area contributed by atoms with E-state index >= 15 is 0 Å². The van der Waals surface area contributed by atoms with Crippen LogP contribution in [0.2, 0.25) is 0 Å². The van der Waals surface area contributed by atoms with Crippen LogP contribution in [0.15, 0.2) is 47.5 Å². The summed E-state index contributed by atoms with van der Waals surface area (Å²) in [4.78, 5) is 19.6. The summed E-state index contributed by atoms with van der Waals surface area (Å²) in [5.41, 5.74) is 2.95. The average Bonchev–Trinajstić information content (AvgIpc) is 3.00. The minimum absolute atomic E-state index is 0.122. The number of aromatic nitrogens is 4. The molecule has 5 nitrogen and oxygen atoms in total. The molecule has 21 heavy (non-hydrogen) atoms. The summed E-state index contributed by atoms with van der Waals surface area (Å²) in [5.74, 6) is 0.546. The fraction of sp³-hybridized carbons (Fsp3) is 0.188. The van der Waals surface area contributed by atoms with E-state index in [4.69, 9.17) is 0 Å². The van der Waals surface area contributed by atoms with Gasteiger partial charge < -0.3 is 4.98 Å². The van der Waals surface area contributed by atoms with Gasteiger partial charge in [0.25, 0.3) is 5.56 Å². The Kier molecular flexibility index (Phi) is 3.39. The molecule has 0 saturated carbocycles. The minimum Gasteiger partial charge on any atom is -0.306 e. The monoisotopic (exact) mass is 280 g/mol. The van der Waals surface area contributed by atoms with Gasteiger partial charge in [0.2, 0.25) is 0 Å². The van der Waals surface area contributed by atoms with Crippen molar-refractivity contribution in [2.75, 3.05) is 0 Å². The Hall–Kier alpha value is -2.69. The molecule has 3 aromatic rings. The van der Waals surface area contributed by atoms with Crippen LogP contribution in [-0.4, -0.2) is 19.7 Å². The summed E-state index contributed by atoms with van der Waals surface area (Å²) in [6, 6.07) is 9.72. The van der Waals surface area contributed by atoms with Crippen LogP contribution in [0.5, 0.6) is 0 Å². The average molecular weight is 280 g/mol. The summed E-state index contributed by atoms with van der Waals surface area (Å²) in [7, 11) is 0. The number of hydrogen-bond acceptors (Lipinski definition) is 3. The van der Waals surface area contributed by atoms with E-state index in [9.17, 15) is 4.79 Å². The van der Waals surface area contributed by atoms with Crippen molar-refractivity contribution >= 4 is 0 Å². The predicted octanol–water partition coefficient (Wildman–Crippen LogP) is 2.63. The van der Waals surface area contributed by atoms with E-state index < -0.39 is 0 Å². The standard InChI is InChI=1S/C16H16N4O/c1-3-20-10-13(9-17-20)15-18-14(11(2)16(21)19-15)12-7-5-4-6-8-12/h4-10H,3H2,1-2H3,(H,18,19,21). The van der Waals surface area contributed by atoms with Crippen LogP contribution in [0.4, 0.5) is 0 Å². The van der Waals surface area contributed by atoms with Crippen molar-refractivity contribution in [1.82, 2.24) is 19.7 Å². The number of benzene rings is 1. The molecular formula is C16H16N4O. The van der Waals surface area contributed by atoms with Gasteiger partial charge in [-0.1, -0.05) is 30.3 Å². The highest BCUT2D eigenvalue weighted by Gasteiger charge is 2.11. The van der Waals surface area contributed by atoms with E-state index in [0.29, 0.717) is 17.1 Å². The van der Waals surface area contributed by atoms with Crippen molar-refractivity contribution in [2.24, 2.45) is 0 Å². The van der Waals surface area contributed by atoms with Crippen LogP contribution < -0.4 is 5.56 Å². The molecular weight excluding hydrogens is 264 g/mol. The molecule has 0 amide bonds. The van der Waals surface area contributed by atoms with Crippen LogP contribution in [0, 0.1) is 6.92 Å². The number of aryl methyl sites for hydroxylation is 1. The Balaban J connectivity index is 2.16. The maximum absolute atomic E-state index is 12.2. The van der Waals surface area contributed by atoms with Crippen molar-refractivity contribution in [3.8, 4) is 22.6 Å². The summed E-state index contributed by atoms with van der Waals surface area (Å²) in [6.45, 7) is 4.58. The van der Waals surface area contributed by atoms with Gasteiger partial charge in [0.15, 0.2) is 0 Å². The Morgan fingerprint density at radius 2 is 1.95 bits per heavy atom. The first-order valence-corrected chi connectivity index (χ1v) is 6.88. The van der Waals surface area contributed by atoms with Gasteiger partial charge in [0.1, 0.15) is 5.82 Å². The second-order valence-electron chi connectivity index (χ2n) is 4.84. The zero-order chi connectivity index (χ0) is 14.8. The normalized spacial score (nSPS) is 10.8. The lowest BCUT2D eigenvalue weighted by atomic mass is 10.1. The number of nitrogens with zero attached hydrogens (tertiary/aromatic N) is 3. The summed E-state index contributed by atoms with van der Waals surface area (Å²) >= 11 is 0. The molecule has 0 aliphatic heterocycles. The van der Waals surface area contributed by atoms with Crippen LogP contribution >= 0.6 is 0 Å². The molecule has 2 heterocycles. The van der Waals surface area contributed by atoms with Crippen LogP contribution in [0.25, 0.3) is 22.6 Å². The molecule has 0 fully saturated rings. The van der Waals surface area contributed by atoms with E-state index in [-0.39, 0.29) is 5.56 Å². The second kappa shape index (κ2) is 5.36. The van der Waals surface area contributed by atoms with Gasteiger partial charge in [-0.3, -0.25) is 9.48 Å². The van der Waals surface area contributed by atoms with Crippen LogP contribution in [0.3, 0.4) is 0 Å². The van der Waals surface area contributed by atoms with E-state index in [1.54, 1.807) is 17.8 Å². The molecule has 0 atom stereocenters. The first kappa shape index (κ1) is 13.3. The maximum Gasteiger partial charge on any atom is 0.254 e. The largest absolute Gasteiger partial charge is 0.306 e. The Bertz CT molecular complexity index is 818. The highest BCUT2D eigenvalue weighted by Crippen LogP contribution is 2.21. The lowest BCUT2D eigenvalue weighted by Gasteiger charge is -2.06. The number of rotatable bonds is 3. The fourth-order valence-corrected chi connectivity index (χ4v) is 2.21. The molecule has 0 aliphatic rings. The van der Waals surface area contributed by atoms with Crippen molar-refractivity contribution < 1.29 is 0 Å². The molecule has 0 radical (unpaired) electrons. The Morgan fingerprint density at radius 1 is 1.19 bits per heavy atom. The molecule has 0 unspecified atom stereocenters. The van der Waals surface area contributed by atoms with Crippen molar-refractivity contribution in [2.45, 2.75) is 20.4 Å². The minimum atomic E-state index is -0.122. The quantitative estimate of drug-likeness (QED) is 0.802. The summed E-state index contributed by atoms with van der Waals surface area (Å²) < 4.78 is 1.80. The van der Waals surface area contributed by atoms with E-state index in [1.165, 1.54) is 0 Å². The van der Waals surface area contributed by atoms with E-state index in [0.717, 1.165) is 17.7 Å². The van der Waals surface area contributed by atoms with Gasteiger partial charge in [-0.25, -0.2) is 4.98 Å². The van der Waals surface area contributed by atoms with Gasteiger partial charge in [0, 0.05) is 23.9 Å².